The first kappa shape index (κ1) is 33.0. The number of allylic oxidation sites excluding steroid dienone is 2. The largest absolute Gasteiger partial charge is 0.495 e. The number of rotatable bonds is 6. The maximum Gasteiger partial charge on any atom is 0.336 e. The molecule has 0 radical (unpaired) electrons. The van der Waals surface area contributed by atoms with E-state index in [4.69, 9.17) is 32.5 Å². The smallest absolute Gasteiger partial charge is 0.336 e. The Morgan fingerprint density at radius 3 is 1.37 bits per heavy atom. The van der Waals surface area contributed by atoms with E-state index in [0.717, 1.165) is 11.1 Å². The number of fused-ring (bicyclic) bond motifs is 9. The SMILES string of the molecule is C=CC(C)(C)c1c2c(c(OC)c3ccc(=O)oc13)[C@H]1O[C@H]3c4c(c(C(C)(C)C=C)c5oc(=O)ccc5c4OC)OC(C)(C)[C@H]3[C@@H]1C(C)(C)O2. The Morgan fingerprint density at radius 1 is 0.673 bits per heavy atom. The minimum Gasteiger partial charge on any atom is -0.495 e. The van der Waals surface area contributed by atoms with E-state index in [1.165, 1.54) is 12.1 Å². The van der Waals surface area contributed by atoms with Gasteiger partial charge in [0.2, 0.25) is 0 Å². The lowest BCUT2D eigenvalue weighted by Gasteiger charge is -2.50. The fraction of sp³-hybridized carbons (Fsp3) is 0.450. The van der Waals surface area contributed by atoms with Gasteiger partial charge in [0.15, 0.2) is 0 Å². The molecule has 0 spiro atoms. The van der Waals surface area contributed by atoms with Crippen molar-refractivity contribution in [2.24, 2.45) is 11.8 Å². The van der Waals surface area contributed by atoms with Gasteiger partial charge >= 0.3 is 11.3 Å². The highest BCUT2D eigenvalue weighted by Gasteiger charge is 2.65. The second kappa shape index (κ2) is 10.5. The number of hydrogen-bond donors (Lipinski definition) is 0. The molecule has 1 saturated heterocycles. The predicted octanol–water partition coefficient (Wildman–Crippen LogP) is 8.23. The number of hydrogen-bond acceptors (Lipinski definition) is 9. The van der Waals surface area contributed by atoms with Crippen molar-refractivity contribution in [2.75, 3.05) is 14.2 Å². The van der Waals surface area contributed by atoms with E-state index in [9.17, 15) is 9.59 Å². The Kier molecular flexibility index (Phi) is 7.08. The number of ether oxygens (including phenoxy) is 5. The molecule has 2 aromatic carbocycles. The standard InChI is InChI=1S/C40H44O9/c1-13-37(3,4)27-31-19(15-17-21(41)45-31)29(43-11)23-33-25(39(7,8)48-35(23)27)26-34(47-33)24-30(44-12)20-16-18-22(42)46-32(20)28(38(5,6)14-2)36(24)49-40(26,9)10/h13-18,25-26,33-34H,1-2H2,3-12H3/t25-,26-,33-,34+/m0/s1. The lowest BCUT2D eigenvalue weighted by atomic mass is 9.64. The third-order valence-electron chi connectivity index (χ3n) is 11.0. The topological polar surface area (TPSA) is 107 Å². The van der Waals surface area contributed by atoms with Crippen LogP contribution in [-0.2, 0) is 15.6 Å². The molecule has 1 fully saturated rings. The van der Waals surface area contributed by atoms with E-state index in [2.05, 4.69) is 40.9 Å². The van der Waals surface area contributed by atoms with Gasteiger partial charge in [-0.05, 0) is 39.8 Å². The lowest BCUT2D eigenvalue weighted by Crippen LogP contribution is -2.54. The van der Waals surface area contributed by atoms with Crippen LogP contribution in [0.4, 0.5) is 0 Å². The van der Waals surface area contributed by atoms with E-state index in [1.54, 1.807) is 26.4 Å². The summed E-state index contributed by atoms with van der Waals surface area (Å²) in [6.07, 6.45) is 2.59. The minimum absolute atomic E-state index is 0.236. The number of benzene rings is 2. The zero-order valence-corrected chi connectivity index (χ0v) is 29.9. The van der Waals surface area contributed by atoms with Gasteiger partial charge in [0.25, 0.3) is 0 Å². The monoisotopic (exact) mass is 668 g/mol. The van der Waals surface area contributed by atoms with Crippen LogP contribution in [0, 0.1) is 11.8 Å². The fourth-order valence-corrected chi connectivity index (χ4v) is 8.53. The summed E-state index contributed by atoms with van der Waals surface area (Å²) in [6, 6.07) is 6.25. The molecule has 5 heterocycles. The first-order chi connectivity index (χ1) is 22.9. The van der Waals surface area contributed by atoms with Gasteiger partial charge in [0, 0.05) is 45.9 Å². The van der Waals surface area contributed by atoms with Crippen molar-refractivity contribution in [2.45, 2.75) is 89.6 Å². The van der Waals surface area contributed by atoms with Gasteiger partial charge in [0.1, 0.15) is 45.4 Å². The summed E-state index contributed by atoms with van der Waals surface area (Å²) in [6.45, 7) is 24.5. The molecular formula is C40H44O9. The van der Waals surface area contributed by atoms with Crippen molar-refractivity contribution < 1.29 is 32.5 Å². The molecular weight excluding hydrogens is 624 g/mol. The second-order valence-electron chi connectivity index (χ2n) is 15.6. The van der Waals surface area contributed by atoms with Crippen LogP contribution in [0.5, 0.6) is 23.0 Å². The minimum atomic E-state index is -0.797. The Labute approximate surface area is 285 Å². The quantitative estimate of drug-likeness (QED) is 0.148. The normalized spacial score (nSPS) is 23.4. The van der Waals surface area contributed by atoms with Gasteiger partial charge in [-0.25, -0.2) is 9.59 Å². The van der Waals surface area contributed by atoms with E-state index >= 15 is 0 Å². The van der Waals surface area contributed by atoms with Crippen LogP contribution in [0.2, 0.25) is 0 Å². The zero-order valence-electron chi connectivity index (χ0n) is 29.9. The van der Waals surface area contributed by atoms with Crippen LogP contribution < -0.4 is 30.2 Å². The van der Waals surface area contributed by atoms with Crippen LogP contribution in [0.25, 0.3) is 21.9 Å². The molecule has 4 atom stereocenters. The maximum absolute atomic E-state index is 12.6. The van der Waals surface area contributed by atoms with Gasteiger partial charge in [-0.2, -0.15) is 0 Å². The highest BCUT2D eigenvalue weighted by molar-refractivity contribution is 5.93. The highest BCUT2D eigenvalue weighted by Crippen LogP contribution is 2.69. The van der Waals surface area contributed by atoms with Gasteiger partial charge in [-0.1, -0.05) is 39.8 Å². The van der Waals surface area contributed by atoms with E-state index in [1.807, 2.05) is 39.8 Å². The molecule has 0 bridgehead atoms. The van der Waals surface area contributed by atoms with Gasteiger partial charge in [-0.15, -0.1) is 13.2 Å². The van der Waals surface area contributed by atoms with Crippen molar-refractivity contribution in [3.05, 3.63) is 92.7 Å². The summed E-state index contributed by atoms with van der Waals surface area (Å²) in [4.78, 5) is 25.2. The zero-order chi connectivity index (χ0) is 35.6. The predicted molar refractivity (Wildman–Crippen MR) is 187 cm³/mol. The Bertz CT molecular complexity index is 2040. The van der Waals surface area contributed by atoms with Gasteiger partial charge in [-0.3, -0.25) is 0 Å². The summed E-state index contributed by atoms with van der Waals surface area (Å²) in [5.41, 5.74) is -0.227. The average molecular weight is 669 g/mol. The molecule has 49 heavy (non-hydrogen) atoms. The molecule has 7 rings (SSSR count). The van der Waals surface area contributed by atoms with Gasteiger partial charge < -0.3 is 32.5 Å². The van der Waals surface area contributed by atoms with Crippen molar-refractivity contribution in [1.82, 2.24) is 0 Å². The highest BCUT2D eigenvalue weighted by atomic mass is 16.6. The first-order valence-corrected chi connectivity index (χ1v) is 16.6. The van der Waals surface area contributed by atoms with Crippen LogP contribution in [-0.4, -0.2) is 25.4 Å². The summed E-state index contributed by atoms with van der Waals surface area (Å²) in [5, 5.41) is 1.27. The molecule has 258 valence electrons. The Balaban J connectivity index is 1.59. The number of methoxy groups -OCH3 is 2. The molecule has 4 aromatic rings. The van der Waals surface area contributed by atoms with Crippen LogP contribution in [0.15, 0.2) is 68.0 Å². The van der Waals surface area contributed by atoms with Gasteiger partial charge in [0.05, 0.1) is 48.3 Å². The summed E-state index contributed by atoms with van der Waals surface area (Å²) >= 11 is 0. The van der Waals surface area contributed by atoms with E-state index in [0.29, 0.717) is 56.1 Å². The molecule has 3 aliphatic rings. The lowest BCUT2D eigenvalue weighted by molar-refractivity contribution is -0.0704. The summed E-state index contributed by atoms with van der Waals surface area (Å²) < 4.78 is 45.7. The summed E-state index contributed by atoms with van der Waals surface area (Å²) in [7, 11) is 3.20. The van der Waals surface area contributed by atoms with Crippen molar-refractivity contribution >= 4 is 21.9 Å². The second-order valence-corrected chi connectivity index (χ2v) is 15.6. The molecule has 3 aliphatic heterocycles. The maximum atomic E-state index is 12.6. The first-order valence-electron chi connectivity index (χ1n) is 16.6. The third kappa shape index (κ3) is 4.47. The molecule has 0 unspecified atom stereocenters. The van der Waals surface area contributed by atoms with Crippen LogP contribution >= 0.6 is 0 Å². The molecule has 9 heteroatoms. The molecule has 9 nitrogen and oxygen atoms in total. The molecule has 0 N–H and O–H groups in total. The summed E-state index contributed by atoms with van der Waals surface area (Å²) in [5.74, 6) is 1.66. The average Bonchev–Trinajstić information content (AvgIpc) is 3.45. The van der Waals surface area contributed by atoms with E-state index < -0.39 is 45.5 Å². The van der Waals surface area contributed by atoms with Crippen molar-refractivity contribution in [1.29, 1.82) is 0 Å². The molecule has 0 amide bonds. The van der Waals surface area contributed by atoms with Crippen LogP contribution in [0.1, 0.15) is 89.9 Å². The van der Waals surface area contributed by atoms with E-state index in [-0.39, 0.29) is 11.8 Å². The van der Waals surface area contributed by atoms with Crippen molar-refractivity contribution in [3.63, 3.8) is 0 Å². The Morgan fingerprint density at radius 2 is 1.04 bits per heavy atom. The fourth-order valence-electron chi connectivity index (χ4n) is 8.53. The molecule has 0 saturated carbocycles. The third-order valence-corrected chi connectivity index (χ3v) is 11.0. The Hall–Kier alpha value is -4.50. The van der Waals surface area contributed by atoms with Crippen molar-refractivity contribution in [3.8, 4) is 23.0 Å². The van der Waals surface area contributed by atoms with Crippen LogP contribution in [0.3, 0.4) is 0 Å². The molecule has 2 aromatic heterocycles. The molecule has 0 aliphatic carbocycles.